The van der Waals surface area contributed by atoms with Crippen LogP contribution in [0.25, 0.3) is 11.3 Å². The molecule has 0 atom stereocenters. The van der Waals surface area contributed by atoms with Gasteiger partial charge in [0, 0.05) is 11.1 Å². The molecule has 0 aliphatic heterocycles. The monoisotopic (exact) mass is 283 g/mol. The number of benzene rings is 1. The van der Waals surface area contributed by atoms with Crippen molar-refractivity contribution in [2.24, 2.45) is 5.92 Å². The predicted octanol–water partition coefficient (Wildman–Crippen LogP) is 2.54. The maximum absolute atomic E-state index is 11.5. The van der Waals surface area contributed by atoms with E-state index in [2.05, 4.69) is 24.0 Å². The van der Waals surface area contributed by atoms with Crippen LogP contribution in [-0.2, 0) is 6.42 Å². The van der Waals surface area contributed by atoms with Gasteiger partial charge in [-0.2, -0.15) is 10.4 Å². The van der Waals surface area contributed by atoms with Gasteiger partial charge in [0.25, 0.3) is 5.56 Å². The summed E-state index contributed by atoms with van der Waals surface area (Å²) in [5.41, 5.74) is 1.55. The van der Waals surface area contributed by atoms with E-state index >= 15 is 0 Å². The number of hydrogen-bond donors (Lipinski definition) is 1. The van der Waals surface area contributed by atoms with Crippen LogP contribution in [0.2, 0.25) is 0 Å². The average molecular weight is 283 g/mol. The van der Waals surface area contributed by atoms with Gasteiger partial charge in [-0.3, -0.25) is 4.79 Å². The van der Waals surface area contributed by atoms with Crippen molar-refractivity contribution in [3.63, 3.8) is 0 Å². The summed E-state index contributed by atoms with van der Waals surface area (Å²) >= 11 is 0. The Morgan fingerprint density at radius 2 is 2.19 bits per heavy atom. The molecule has 0 amide bonds. The van der Waals surface area contributed by atoms with E-state index in [9.17, 15) is 4.79 Å². The summed E-state index contributed by atoms with van der Waals surface area (Å²) in [7, 11) is 0. The summed E-state index contributed by atoms with van der Waals surface area (Å²) < 4.78 is 5.68. The minimum Gasteiger partial charge on any atom is -0.493 e. The van der Waals surface area contributed by atoms with Crippen LogP contribution in [0.4, 0.5) is 0 Å². The zero-order valence-corrected chi connectivity index (χ0v) is 12.1. The molecule has 1 aromatic carbocycles. The molecule has 108 valence electrons. The summed E-state index contributed by atoms with van der Waals surface area (Å²) in [6, 6.07) is 11.1. The van der Waals surface area contributed by atoms with Crippen molar-refractivity contribution < 1.29 is 4.74 Å². The molecule has 5 heteroatoms. The van der Waals surface area contributed by atoms with Gasteiger partial charge in [0.1, 0.15) is 5.75 Å². The molecule has 0 unspecified atom stereocenters. The van der Waals surface area contributed by atoms with Gasteiger partial charge in [-0.05, 0) is 24.1 Å². The number of aromatic nitrogens is 2. The van der Waals surface area contributed by atoms with Gasteiger partial charge in [-0.1, -0.05) is 26.0 Å². The van der Waals surface area contributed by atoms with Crippen LogP contribution < -0.4 is 10.3 Å². The Bertz CT molecular complexity index is 714. The Kier molecular flexibility index (Phi) is 4.72. The summed E-state index contributed by atoms with van der Waals surface area (Å²) in [4.78, 5) is 11.5. The fourth-order valence-corrected chi connectivity index (χ4v) is 1.82. The quantitative estimate of drug-likeness (QED) is 0.914. The molecule has 2 rings (SSSR count). The second-order valence-corrected chi connectivity index (χ2v) is 5.18. The third kappa shape index (κ3) is 3.93. The van der Waals surface area contributed by atoms with E-state index in [0.717, 1.165) is 11.3 Å². The lowest BCUT2D eigenvalue weighted by Crippen LogP contribution is -2.14. The normalized spacial score (nSPS) is 10.4. The first-order chi connectivity index (χ1) is 10.1. The van der Waals surface area contributed by atoms with Crippen molar-refractivity contribution >= 4 is 0 Å². The number of nitrogens with zero attached hydrogens (tertiary/aromatic N) is 2. The zero-order valence-electron chi connectivity index (χ0n) is 12.1. The Morgan fingerprint density at radius 3 is 2.90 bits per heavy atom. The van der Waals surface area contributed by atoms with E-state index in [1.807, 2.05) is 30.3 Å². The summed E-state index contributed by atoms with van der Waals surface area (Å²) in [6.07, 6.45) is 0.0639. The Labute approximate surface area is 123 Å². The smallest absolute Gasteiger partial charge is 0.268 e. The summed E-state index contributed by atoms with van der Waals surface area (Å²) in [5, 5.41) is 15.2. The number of nitrogens with one attached hydrogen (secondary N) is 1. The van der Waals surface area contributed by atoms with Gasteiger partial charge < -0.3 is 4.74 Å². The third-order valence-corrected chi connectivity index (χ3v) is 2.86. The van der Waals surface area contributed by atoms with Crippen LogP contribution in [0.15, 0.2) is 35.1 Å². The van der Waals surface area contributed by atoms with Crippen LogP contribution in [0, 0.1) is 17.2 Å². The molecule has 0 fully saturated rings. The fourth-order valence-electron chi connectivity index (χ4n) is 1.82. The van der Waals surface area contributed by atoms with Crippen molar-refractivity contribution in [3.8, 4) is 23.1 Å². The largest absolute Gasteiger partial charge is 0.493 e. The highest BCUT2D eigenvalue weighted by atomic mass is 16.5. The van der Waals surface area contributed by atoms with E-state index in [4.69, 9.17) is 10.00 Å². The molecule has 0 saturated carbocycles. The number of aromatic amines is 1. The minimum absolute atomic E-state index is 0.0639. The lowest BCUT2D eigenvalue weighted by molar-refractivity contribution is 0.271. The standard InChI is InChI=1S/C16H17N3O2/c1-11(2)10-21-14-5-3-4-12(8-14)15-9-13(6-7-17)16(20)19-18-15/h3-5,8-9,11H,6,10H2,1-2H3,(H,19,20). The van der Waals surface area contributed by atoms with Gasteiger partial charge in [0.2, 0.25) is 0 Å². The maximum atomic E-state index is 11.5. The number of rotatable bonds is 5. The van der Waals surface area contributed by atoms with Gasteiger partial charge >= 0.3 is 0 Å². The van der Waals surface area contributed by atoms with Crippen molar-refractivity contribution in [2.75, 3.05) is 6.61 Å². The van der Waals surface area contributed by atoms with Crippen LogP contribution in [0.1, 0.15) is 19.4 Å². The molecule has 5 nitrogen and oxygen atoms in total. The molecule has 0 radical (unpaired) electrons. The minimum atomic E-state index is -0.326. The Hall–Kier alpha value is -2.61. The molecule has 1 aromatic heterocycles. The topological polar surface area (TPSA) is 78.8 Å². The molecule has 0 aliphatic carbocycles. The first-order valence-corrected chi connectivity index (χ1v) is 6.79. The Balaban J connectivity index is 2.30. The molecule has 1 heterocycles. The molecular weight excluding hydrogens is 266 g/mol. The van der Waals surface area contributed by atoms with E-state index in [1.165, 1.54) is 0 Å². The summed E-state index contributed by atoms with van der Waals surface area (Å²) in [5.74, 6) is 1.21. The first-order valence-electron chi connectivity index (χ1n) is 6.79. The lowest BCUT2D eigenvalue weighted by Gasteiger charge is -2.10. The van der Waals surface area contributed by atoms with Crippen LogP contribution >= 0.6 is 0 Å². The van der Waals surface area contributed by atoms with Crippen LogP contribution in [0.3, 0.4) is 0 Å². The second kappa shape index (κ2) is 6.71. The second-order valence-electron chi connectivity index (χ2n) is 5.18. The van der Waals surface area contributed by atoms with Crippen molar-refractivity contribution in [2.45, 2.75) is 20.3 Å². The number of nitriles is 1. The highest BCUT2D eigenvalue weighted by Gasteiger charge is 2.06. The number of H-pyrrole nitrogens is 1. The molecule has 0 aliphatic rings. The van der Waals surface area contributed by atoms with Gasteiger partial charge in [-0.15, -0.1) is 0 Å². The predicted molar refractivity (Wildman–Crippen MR) is 79.9 cm³/mol. The van der Waals surface area contributed by atoms with E-state index in [0.29, 0.717) is 23.8 Å². The first kappa shape index (κ1) is 14.8. The molecule has 1 N–H and O–H groups in total. The van der Waals surface area contributed by atoms with E-state index < -0.39 is 0 Å². The molecule has 21 heavy (non-hydrogen) atoms. The van der Waals surface area contributed by atoms with Gasteiger partial charge in [0.15, 0.2) is 0 Å². The maximum Gasteiger partial charge on any atom is 0.268 e. The van der Waals surface area contributed by atoms with Crippen LogP contribution in [0.5, 0.6) is 5.75 Å². The molecule has 0 bridgehead atoms. The van der Waals surface area contributed by atoms with Crippen molar-refractivity contribution in [1.82, 2.24) is 10.2 Å². The molecular formula is C16H17N3O2. The molecule has 0 spiro atoms. The third-order valence-electron chi connectivity index (χ3n) is 2.86. The van der Waals surface area contributed by atoms with Gasteiger partial charge in [-0.25, -0.2) is 5.10 Å². The number of ether oxygens (including phenoxy) is 1. The summed E-state index contributed by atoms with van der Waals surface area (Å²) in [6.45, 7) is 4.81. The SMILES string of the molecule is CC(C)COc1cccc(-c2cc(CC#N)c(=O)[nH]n2)c1. The zero-order chi connectivity index (χ0) is 15.2. The highest BCUT2D eigenvalue weighted by molar-refractivity contribution is 5.61. The van der Waals surface area contributed by atoms with Crippen molar-refractivity contribution in [1.29, 1.82) is 5.26 Å². The fraction of sp³-hybridized carbons (Fsp3) is 0.312. The van der Waals surface area contributed by atoms with Crippen molar-refractivity contribution in [3.05, 3.63) is 46.2 Å². The Morgan fingerprint density at radius 1 is 1.38 bits per heavy atom. The lowest BCUT2D eigenvalue weighted by atomic mass is 10.1. The average Bonchev–Trinajstić information content (AvgIpc) is 2.48. The molecule has 2 aromatic rings. The molecule has 0 saturated heterocycles. The van der Waals surface area contributed by atoms with E-state index in [-0.39, 0.29) is 12.0 Å². The van der Waals surface area contributed by atoms with Gasteiger partial charge in [0.05, 0.1) is 24.8 Å². The van der Waals surface area contributed by atoms with E-state index in [1.54, 1.807) is 6.07 Å². The van der Waals surface area contributed by atoms with Crippen LogP contribution in [-0.4, -0.2) is 16.8 Å². The highest BCUT2D eigenvalue weighted by Crippen LogP contribution is 2.22. The number of hydrogen-bond acceptors (Lipinski definition) is 4.